The van der Waals surface area contributed by atoms with Crippen molar-refractivity contribution in [3.8, 4) is 0 Å². The number of carbonyl (C=O) groups excluding carboxylic acids is 1. The van der Waals surface area contributed by atoms with Gasteiger partial charge < -0.3 is 14.4 Å². The van der Waals surface area contributed by atoms with Gasteiger partial charge in [0.05, 0.1) is 11.1 Å². The molecule has 0 amide bonds. The first kappa shape index (κ1) is 16.3. The zero-order valence-corrected chi connectivity index (χ0v) is 13.6. The quantitative estimate of drug-likeness (QED) is 0.878. The molecule has 0 radical (unpaired) electrons. The third-order valence-corrected chi connectivity index (χ3v) is 3.17. The van der Waals surface area contributed by atoms with Gasteiger partial charge in [0.15, 0.2) is 0 Å². The monoisotopic (exact) mass is 324 g/mol. The highest BCUT2D eigenvalue weighted by Crippen LogP contribution is 2.25. The molecule has 22 heavy (non-hydrogen) atoms. The van der Waals surface area contributed by atoms with Gasteiger partial charge in [0, 0.05) is 5.02 Å². The zero-order chi connectivity index (χ0) is 16.7. The van der Waals surface area contributed by atoms with Crippen molar-refractivity contribution in [3.63, 3.8) is 0 Å². The smallest absolute Gasteiger partial charge is 0.338 e. The summed E-state index contributed by atoms with van der Waals surface area (Å²) < 4.78 is 6.88. The Morgan fingerprint density at radius 3 is 2.55 bits per heavy atom. The summed E-state index contributed by atoms with van der Waals surface area (Å²) in [4.78, 5) is 27.5. The molecule has 2 rings (SSSR count). The molecule has 6 nitrogen and oxygen atoms in total. The van der Waals surface area contributed by atoms with Crippen LogP contribution in [-0.4, -0.2) is 32.2 Å². The molecular formula is C15H17ClN2O4. The van der Waals surface area contributed by atoms with Crippen LogP contribution in [0.1, 0.15) is 37.0 Å². The second-order valence-electron chi connectivity index (χ2n) is 5.96. The van der Waals surface area contributed by atoms with Crippen LogP contribution >= 0.6 is 11.6 Å². The van der Waals surface area contributed by atoms with E-state index >= 15 is 0 Å². The molecule has 2 aromatic rings. The van der Waals surface area contributed by atoms with Crippen LogP contribution in [0.15, 0.2) is 12.1 Å². The molecule has 0 aliphatic rings. The molecule has 0 atom stereocenters. The molecule has 7 heteroatoms. The first-order chi connectivity index (χ1) is 10.1. The van der Waals surface area contributed by atoms with Gasteiger partial charge in [0.1, 0.15) is 23.5 Å². The Kier molecular flexibility index (Phi) is 4.15. The lowest BCUT2D eigenvalue weighted by Crippen LogP contribution is -2.26. The normalized spacial score (nSPS) is 11.7. The maximum Gasteiger partial charge on any atom is 0.338 e. The molecular weight excluding hydrogens is 308 g/mol. The molecule has 1 aromatic heterocycles. The minimum Gasteiger partial charge on any atom is -0.478 e. The first-order valence-electron chi connectivity index (χ1n) is 6.70. The Bertz CT molecular complexity index is 759. The number of aryl methyl sites for hydroxylation is 1. The van der Waals surface area contributed by atoms with Gasteiger partial charge in [-0.2, -0.15) is 0 Å². The van der Waals surface area contributed by atoms with Crippen LogP contribution in [0.4, 0.5) is 0 Å². The number of hydrogen-bond donors (Lipinski definition) is 1. The van der Waals surface area contributed by atoms with E-state index in [2.05, 4.69) is 4.98 Å². The fraction of sp³-hybridized carbons (Fsp3) is 0.400. The fourth-order valence-corrected chi connectivity index (χ4v) is 2.38. The highest BCUT2D eigenvalue weighted by atomic mass is 35.5. The Labute approximate surface area is 132 Å². The molecule has 0 fully saturated rings. The maximum atomic E-state index is 12.0. The molecule has 0 aliphatic heterocycles. The molecule has 0 aliphatic carbocycles. The molecule has 0 saturated heterocycles. The summed E-state index contributed by atoms with van der Waals surface area (Å²) in [5, 5.41) is 9.52. The minimum atomic E-state index is -1.12. The van der Waals surface area contributed by atoms with E-state index in [4.69, 9.17) is 16.3 Å². The Balaban J connectivity index is 2.49. The number of carbonyl (C=O) groups is 2. The number of aromatic carboxylic acids is 1. The second kappa shape index (κ2) is 5.61. The van der Waals surface area contributed by atoms with Gasteiger partial charge in [-0.15, -0.1) is 0 Å². The molecule has 1 aromatic carbocycles. The molecule has 0 bridgehead atoms. The standard InChI is InChI=1S/C15H17ClN2O4/c1-8-17-13-10(14(20)21)5-9(16)6-11(13)18(8)7-12(19)22-15(2,3)4/h5-6H,7H2,1-4H3,(H,20,21). The van der Waals surface area contributed by atoms with E-state index in [1.54, 1.807) is 38.3 Å². The molecule has 0 saturated carbocycles. The van der Waals surface area contributed by atoms with E-state index in [0.29, 0.717) is 16.9 Å². The lowest BCUT2D eigenvalue weighted by atomic mass is 10.2. The lowest BCUT2D eigenvalue weighted by molar-refractivity contribution is -0.155. The fourth-order valence-electron chi connectivity index (χ4n) is 2.17. The summed E-state index contributed by atoms with van der Waals surface area (Å²) in [5.41, 5.74) is 0.213. The van der Waals surface area contributed by atoms with Gasteiger partial charge in [-0.3, -0.25) is 4.79 Å². The van der Waals surface area contributed by atoms with Gasteiger partial charge in [-0.05, 0) is 39.8 Å². The van der Waals surface area contributed by atoms with Crippen molar-refractivity contribution in [2.45, 2.75) is 39.8 Å². The first-order valence-corrected chi connectivity index (χ1v) is 7.08. The average Bonchev–Trinajstić information content (AvgIpc) is 2.63. The number of ether oxygens (including phenoxy) is 1. The summed E-state index contributed by atoms with van der Waals surface area (Å²) in [6.45, 7) is 6.98. The molecule has 1 heterocycles. The van der Waals surface area contributed by atoms with E-state index in [1.807, 2.05) is 0 Å². The maximum absolute atomic E-state index is 12.0. The van der Waals surface area contributed by atoms with Crippen LogP contribution in [0.3, 0.4) is 0 Å². The number of esters is 1. The van der Waals surface area contributed by atoms with Gasteiger partial charge >= 0.3 is 11.9 Å². The summed E-state index contributed by atoms with van der Waals surface area (Å²) in [7, 11) is 0. The second-order valence-corrected chi connectivity index (χ2v) is 6.39. The highest BCUT2D eigenvalue weighted by molar-refractivity contribution is 6.31. The number of carboxylic acid groups (broad SMARTS) is 1. The Morgan fingerprint density at radius 1 is 1.36 bits per heavy atom. The number of carboxylic acids is 1. The van der Waals surface area contributed by atoms with Crippen molar-refractivity contribution < 1.29 is 19.4 Å². The van der Waals surface area contributed by atoms with Crippen LogP contribution in [-0.2, 0) is 16.1 Å². The summed E-state index contributed by atoms with van der Waals surface area (Å²) in [6.07, 6.45) is 0. The topological polar surface area (TPSA) is 81.4 Å². The molecule has 0 spiro atoms. The van der Waals surface area contributed by atoms with Crippen LogP contribution in [0, 0.1) is 6.92 Å². The van der Waals surface area contributed by atoms with Crippen molar-refractivity contribution in [2.75, 3.05) is 0 Å². The third-order valence-electron chi connectivity index (χ3n) is 2.95. The van der Waals surface area contributed by atoms with Crippen LogP contribution in [0.5, 0.6) is 0 Å². The van der Waals surface area contributed by atoms with Crippen molar-refractivity contribution in [2.24, 2.45) is 0 Å². The van der Waals surface area contributed by atoms with Gasteiger partial charge in [-0.1, -0.05) is 11.6 Å². The molecule has 1 N–H and O–H groups in total. The van der Waals surface area contributed by atoms with Crippen molar-refractivity contribution >= 4 is 34.6 Å². The van der Waals surface area contributed by atoms with E-state index in [9.17, 15) is 14.7 Å². The van der Waals surface area contributed by atoms with Crippen LogP contribution in [0.2, 0.25) is 5.02 Å². The predicted octanol–water partition coefficient (Wildman–Crippen LogP) is 3.04. The predicted molar refractivity (Wildman–Crippen MR) is 82.3 cm³/mol. The van der Waals surface area contributed by atoms with Gasteiger partial charge in [0.25, 0.3) is 0 Å². The highest BCUT2D eigenvalue weighted by Gasteiger charge is 2.21. The number of benzene rings is 1. The SMILES string of the molecule is Cc1nc2c(C(=O)O)cc(Cl)cc2n1CC(=O)OC(C)(C)C. The van der Waals surface area contributed by atoms with Crippen molar-refractivity contribution in [1.82, 2.24) is 9.55 Å². The number of aromatic nitrogens is 2. The summed E-state index contributed by atoms with van der Waals surface area (Å²) in [6, 6.07) is 2.93. The number of hydrogen-bond acceptors (Lipinski definition) is 4. The largest absolute Gasteiger partial charge is 0.478 e. The molecule has 0 unspecified atom stereocenters. The zero-order valence-electron chi connectivity index (χ0n) is 12.8. The number of imidazole rings is 1. The Hall–Kier alpha value is -2.08. The van der Waals surface area contributed by atoms with Crippen LogP contribution in [0.25, 0.3) is 11.0 Å². The van der Waals surface area contributed by atoms with E-state index in [-0.39, 0.29) is 17.1 Å². The number of halogens is 1. The van der Waals surface area contributed by atoms with E-state index in [1.165, 1.54) is 6.07 Å². The number of fused-ring (bicyclic) bond motifs is 1. The van der Waals surface area contributed by atoms with E-state index < -0.39 is 17.5 Å². The molecule has 118 valence electrons. The third kappa shape index (κ3) is 3.39. The summed E-state index contributed by atoms with van der Waals surface area (Å²) >= 11 is 5.97. The Morgan fingerprint density at radius 2 is 2.00 bits per heavy atom. The van der Waals surface area contributed by atoms with Gasteiger partial charge in [0.2, 0.25) is 0 Å². The minimum absolute atomic E-state index is 0.00791. The van der Waals surface area contributed by atoms with Gasteiger partial charge in [-0.25, -0.2) is 9.78 Å². The average molecular weight is 325 g/mol. The van der Waals surface area contributed by atoms with Crippen molar-refractivity contribution in [3.05, 3.63) is 28.5 Å². The lowest BCUT2D eigenvalue weighted by Gasteiger charge is -2.20. The van der Waals surface area contributed by atoms with Crippen LogP contribution < -0.4 is 0 Å². The number of nitrogens with zero attached hydrogens (tertiary/aromatic N) is 2. The number of rotatable bonds is 3. The van der Waals surface area contributed by atoms with Crippen molar-refractivity contribution in [1.29, 1.82) is 0 Å². The van der Waals surface area contributed by atoms with E-state index in [0.717, 1.165) is 0 Å². The summed E-state index contributed by atoms with van der Waals surface area (Å²) in [5.74, 6) is -1.02.